The molecule has 0 aliphatic carbocycles. The fourth-order valence-corrected chi connectivity index (χ4v) is 2.97. The highest BCUT2D eigenvalue weighted by molar-refractivity contribution is 9.10. The first-order valence-electron chi connectivity index (χ1n) is 5.59. The van der Waals surface area contributed by atoms with E-state index in [1.54, 1.807) is 24.3 Å². The van der Waals surface area contributed by atoms with Gasteiger partial charge in [0.2, 0.25) is 0 Å². The van der Waals surface area contributed by atoms with E-state index in [-0.39, 0.29) is 10.6 Å². The molecule has 20 heavy (non-hydrogen) atoms. The van der Waals surface area contributed by atoms with Crippen molar-refractivity contribution in [3.63, 3.8) is 0 Å². The highest BCUT2D eigenvalue weighted by atomic mass is 79.9. The Balaban J connectivity index is 2.42. The molecule has 0 bridgehead atoms. The zero-order valence-electron chi connectivity index (χ0n) is 10.5. The van der Waals surface area contributed by atoms with Gasteiger partial charge in [-0.1, -0.05) is 17.7 Å². The van der Waals surface area contributed by atoms with Crippen LogP contribution in [-0.2, 0) is 9.84 Å². The molecular weight excluding hydrogens is 364 g/mol. The fraction of sp³-hybridized carbons (Fsp3) is 0.0769. The summed E-state index contributed by atoms with van der Waals surface area (Å²) in [5, 5.41) is 3.61. The van der Waals surface area contributed by atoms with Crippen LogP contribution in [0.3, 0.4) is 0 Å². The molecule has 0 fully saturated rings. The Kier molecular flexibility index (Phi) is 4.27. The lowest BCUT2D eigenvalue weighted by Gasteiger charge is -2.12. The third-order valence-corrected chi connectivity index (χ3v) is 5.05. The topological polar surface area (TPSA) is 72.2 Å². The third-order valence-electron chi connectivity index (χ3n) is 2.66. The van der Waals surface area contributed by atoms with Crippen molar-refractivity contribution < 1.29 is 8.42 Å². The van der Waals surface area contributed by atoms with Crippen molar-refractivity contribution in [2.45, 2.75) is 4.90 Å². The van der Waals surface area contributed by atoms with Gasteiger partial charge in [0.25, 0.3) is 0 Å². The molecule has 106 valence electrons. The molecule has 0 atom stereocenters. The van der Waals surface area contributed by atoms with Crippen LogP contribution >= 0.6 is 27.5 Å². The number of nitrogen functional groups attached to an aromatic ring is 1. The van der Waals surface area contributed by atoms with E-state index >= 15 is 0 Å². The molecule has 2 aromatic rings. The van der Waals surface area contributed by atoms with Gasteiger partial charge in [0.05, 0.1) is 21.3 Å². The highest BCUT2D eigenvalue weighted by Gasteiger charge is 2.14. The smallest absolute Gasteiger partial charge is 0.177 e. The maximum Gasteiger partial charge on any atom is 0.177 e. The van der Waals surface area contributed by atoms with Gasteiger partial charge in [-0.25, -0.2) is 8.42 Å². The van der Waals surface area contributed by atoms with Gasteiger partial charge in [-0.15, -0.1) is 0 Å². The Hall–Kier alpha value is -1.24. The van der Waals surface area contributed by atoms with E-state index in [1.165, 1.54) is 6.07 Å². The number of nitrogens with one attached hydrogen (secondary N) is 1. The Morgan fingerprint density at radius 1 is 1.25 bits per heavy atom. The molecule has 0 spiro atoms. The molecule has 4 nitrogen and oxygen atoms in total. The molecule has 0 aliphatic heterocycles. The number of hydrogen-bond donors (Lipinski definition) is 2. The average Bonchev–Trinajstić information content (AvgIpc) is 2.35. The second-order valence-corrected chi connectivity index (χ2v) is 7.49. The largest absolute Gasteiger partial charge is 0.396 e. The molecule has 0 saturated heterocycles. The number of nitrogens with two attached hydrogens (primary N) is 1. The quantitative estimate of drug-likeness (QED) is 0.800. The van der Waals surface area contributed by atoms with Gasteiger partial charge in [-0.3, -0.25) is 0 Å². The van der Waals surface area contributed by atoms with Crippen molar-refractivity contribution in [3.05, 3.63) is 45.9 Å². The summed E-state index contributed by atoms with van der Waals surface area (Å²) >= 11 is 9.31. The van der Waals surface area contributed by atoms with Crippen LogP contribution in [0.2, 0.25) is 5.02 Å². The van der Waals surface area contributed by atoms with Gasteiger partial charge in [0.1, 0.15) is 0 Å². The van der Waals surface area contributed by atoms with Gasteiger partial charge in [0, 0.05) is 16.4 Å². The van der Waals surface area contributed by atoms with Crippen LogP contribution in [0.15, 0.2) is 45.8 Å². The Bertz CT molecular complexity index is 763. The number of hydrogen-bond acceptors (Lipinski definition) is 4. The van der Waals surface area contributed by atoms with Crippen LogP contribution in [-0.4, -0.2) is 14.7 Å². The number of para-hydroxylation sites is 1. The summed E-state index contributed by atoms with van der Waals surface area (Å²) in [6.45, 7) is 0. The average molecular weight is 376 g/mol. The fourth-order valence-electron chi connectivity index (χ4n) is 1.71. The lowest BCUT2D eigenvalue weighted by molar-refractivity contribution is 0.602. The van der Waals surface area contributed by atoms with Crippen molar-refractivity contribution >= 4 is 54.4 Å². The summed E-state index contributed by atoms with van der Waals surface area (Å²) in [6, 6.07) is 10.1. The molecule has 2 aromatic carbocycles. The number of sulfone groups is 1. The van der Waals surface area contributed by atoms with Crippen molar-refractivity contribution in [3.8, 4) is 0 Å². The summed E-state index contributed by atoms with van der Waals surface area (Å²) in [4.78, 5) is 0.103. The first-order chi connectivity index (χ1) is 9.29. The predicted molar refractivity (Wildman–Crippen MR) is 86.4 cm³/mol. The first-order valence-corrected chi connectivity index (χ1v) is 8.66. The van der Waals surface area contributed by atoms with Gasteiger partial charge < -0.3 is 11.1 Å². The molecule has 0 saturated carbocycles. The Morgan fingerprint density at radius 2 is 1.95 bits per heavy atom. The maximum atomic E-state index is 11.6. The van der Waals surface area contributed by atoms with E-state index in [9.17, 15) is 8.42 Å². The standard InChI is InChI=1S/C13H12BrClN2O2S/c1-20(18,19)12-4-2-3-11(13(12)16)17-8-5-6-9(14)10(15)7-8/h2-7,17H,16H2,1H3. The zero-order valence-corrected chi connectivity index (χ0v) is 13.7. The molecule has 2 rings (SSSR count). The van der Waals surface area contributed by atoms with E-state index in [1.807, 2.05) is 6.07 Å². The van der Waals surface area contributed by atoms with E-state index in [0.29, 0.717) is 10.7 Å². The van der Waals surface area contributed by atoms with Crippen LogP contribution in [0.4, 0.5) is 17.1 Å². The lowest BCUT2D eigenvalue weighted by Crippen LogP contribution is -2.05. The molecule has 0 aromatic heterocycles. The van der Waals surface area contributed by atoms with Gasteiger partial charge in [-0.05, 0) is 46.3 Å². The van der Waals surface area contributed by atoms with Crippen LogP contribution in [0.25, 0.3) is 0 Å². The molecule has 0 radical (unpaired) electrons. The number of halogens is 2. The molecule has 0 amide bonds. The molecule has 0 heterocycles. The first kappa shape index (κ1) is 15.2. The number of benzene rings is 2. The molecule has 0 aliphatic rings. The zero-order chi connectivity index (χ0) is 14.9. The summed E-state index contributed by atoms with van der Waals surface area (Å²) in [6.07, 6.45) is 1.12. The summed E-state index contributed by atoms with van der Waals surface area (Å²) in [5.74, 6) is 0. The SMILES string of the molecule is CS(=O)(=O)c1cccc(Nc2ccc(Br)c(Cl)c2)c1N. The maximum absolute atomic E-state index is 11.6. The van der Waals surface area contributed by atoms with Crippen LogP contribution in [0.5, 0.6) is 0 Å². The number of anilines is 3. The Morgan fingerprint density at radius 3 is 2.55 bits per heavy atom. The minimum absolute atomic E-state index is 0.103. The van der Waals surface area contributed by atoms with E-state index in [2.05, 4.69) is 21.2 Å². The summed E-state index contributed by atoms with van der Waals surface area (Å²) in [5.41, 5.74) is 7.33. The number of rotatable bonds is 3. The van der Waals surface area contributed by atoms with Crippen LogP contribution in [0.1, 0.15) is 0 Å². The summed E-state index contributed by atoms with van der Waals surface area (Å²) in [7, 11) is -3.36. The minimum Gasteiger partial charge on any atom is -0.396 e. The van der Waals surface area contributed by atoms with Gasteiger partial charge >= 0.3 is 0 Å². The Labute approximate surface area is 131 Å². The van der Waals surface area contributed by atoms with Crippen molar-refractivity contribution in [1.82, 2.24) is 0 Å². The van der Waals surface area contributed by atoms with E-state index < -0.39 is 9.84 Å². The lowest BCUT2D eigenvalue weighted by atomic mass is 10.2. The van der Waals surface area contributed by atoms with Crippen LogP contribution in [0, 0.1) is 0 Å². The van der Waals surface area contributed by atoms with Crippen LogP contribution < -0.4 is 11.1 Å². The second kappa shape index (κ2) is 5.63. The van der Waals surface area contributed by atoms with Crippen molar-refractivity contribution in [1.29, 1.82) is 0 Å². The van der Waals surface area contributed by atoms with Crippen molar-refractivity contribution in [2.24, 2.45) is 0 Å². The second-order valence-electron chi connectivity index (χ2n) is 4.24. The van der Waals surface area contributed by atoms with E-state index in [0.717, 1.165) is 16.4 Å². The van der Waals surface area contributed by atoms with E-state index in [4.69, 9.17) is 17.3 Å². The molecule has 7 heteroatoms. The minimum atomic E-state index is -3.36. The van der Waals surface area contributed by atoms with Gasteiger partial charge in [0.15, 0.2) is 9.84 Å². The molecule has 3 N–H and O–H groups in total. The molecule has 0 unspecified atom stereocenters. The monoisotopic (exact) mass is 374 g/mol. The molecular formula is C13H12BrClN2O2S. The summed E-state index contributed by atoms with van der Waals surface area (Å²) < 4.78 is 24.0. The predicted octanol–water partition coefficient (Wildman–Crippen LogP) is 3.83. The normalized spacial score (nSPS) is 11.3. The highest BCUT2D eigenvalue weighted by Crippen LogP contribution is 2.31. The third kappa shape index (κ3) is 3.26. The van der Waals surface area contributed by atoms with Crippen molar-refractivity contribution in [2.75, 3.05) is 17.3 Å². The van der Waals surface area contributed by atoms with Gasteiger partial charge in [-0.2, -0.15) is 0 Å².